The molecular formula is C17H27N3OS. The van der Waals surface area contributed by atoms with E-state index in [0.717, 1.165) is 38.4 Å². The molecule has 5 heteroatoms. The molecule has 1 saturated heterocycles. The number of likely N-dealkylation sites (tertiary alicyclic amines) is 1. The molecule has 1 saturated carbocycles. The zero-order valence-corrected chi connectivity index (χ0v) is 14.5. The van der Waals surface area contributed by atoms with Crippen molar-refractivity contribution in [1.82, 2.24) is 15.2 Å². The molecule has 0 bridgehead atoms. The first-order chi connectivity index (χ1) is 10.7. The van der Waals surface area contributed by atoms with Crippen molar-refractivity contribution in [2.24, 2.45) is 5.92 Å². The summed E-state index contributed by atoms with van der Waals surface area (Å²) in [6, 6.07) is 0.511. The van der Waals surface area contributed by atoms with Gasteiger partial charge in [-0.3, -0.25) is 4.79 Å². The predicted molar refractivity (Wildman–Crippen MR) is 90.0 cm³/mol. The van der Waals surface area contributed by atoms with Crippen LogP contribution in [0.3, 0.4) is 0 Å². The normalized spacial score (nSPS) is 25.5. The Kier molecular flexibility index (Phi) is 5.14. The lowest BCUT2D eigenvalue weighted by molar-refractivity contribution is -0.133. The Balaban J connectivity index is 1.51. The fourth-order valence-corrected chi connectivity index (χ4v) is 4.31. The lowest BCUT2D eigenvalue weighted by atomic mass is 9.89. The second kappa shape index (κ2) is 7.09. The van der Waals surface area contributed by atoms with Gasteiger partial charge in [-0.1, -0.05) is 20.3 Å². The monoisotopic (exact) mass is 321 g/mol. The number of rotatable bonds is 6. The van der Waals surface area contributed by atoms with Crippen LogP contribution in [0.4, 0.5) is 0 Å². The molecule has 3 rings (SSSR count). The predicted octanol–water partition coefficient (Wildman–Crippen LogP) is 3.15. The minimum Gasteiger partial charge on any atom is -0.342 e. The first-order valence-corrected chi connectivity index (χ1v) is 9.54. The molecule has 1 aliphatic heterocycles. The van der Waals surface area contributed by atoms with Gasteiger partial charge in [0.1, 0.15) is 0 Å². The summed E-state index contributed by atoms with van der Waals surface area (Å²) in [5.74, 6) is 1.61. The lowest BCUT2D eigenvalue weighted by Crippen LogP contribution is -2.50. The highest BCUT2D eigenvalue weighted by atomic mass is 32.1. The van der Waals surface area contributed by atoms with Crippen molar-refractivity contribution in [2.75, 3.05) is 13.1 Å². The van der Waals surface area contributed by atoms with Crippen LogP contribution in [0, 0.1) is 5.92 Å². The van der Waals surface area contributed by atoms with E-state index in [0.29, 0.717) is 24.3 Å². The van der Waals surface area contributed by atoms with Gasteiger partial charge in [0.25, 0.3) is 0 Å². The topological polar surface area (TPSA) is 45.2 Å². The van der Waals surface area contributed by atoms with Gasteiger partial charge >= 0.3 is 0 Å². The van der Waals surface area contributed by atoms with E-state index in [2.05, 4.69) is 17.6 Å². The molecule has 0 radical (unpaired) electrons. The molecule has 1 aromatic heterocycles. The summed E-state index contributed by atoms with van der Waals surface area (Å²) in [4.78, 5) is 18.7. The number of nitrogens with zero attached hydrogens (tertiary/aromatic N) is 2. The SMILES string of the molecule is CCC(=O)N1CC[C@@H](NCc2csc(C3CC3)n2)[C@H](CC)C1. The van der Waals surface area contributed by atoms with Crippen LogP contribution in [0.25, 0.3) is 0 Å². The Morgan fingerprint density at radius 3 is 2.91 bits per heavy atom. The molecule has 122 valence electrons. The van der Waals surface area contributed by atoms with E-state index in [-0.39, 0.29) is 0 Å². The van der Waals surface area contributed by atoms with Gasteiger partial charge in [0.05, 0.1) is 10.7 Å². The Hall–Kier alpha value is -0.940. The highest BCUT2D eigenvalue weighted by molar-refractivity contribution is 7.09. The van der Waals surface area contributed by atoms with Gasteiger partial charge in [0, 0.05) is 43.4 Å². The molecule has 0 spiro atoms. The summed E-state index contributed by atoms with van der Waals surface area (Å²) in [7, 11) is 0. The molecule has 1 aliphatic carbocycles. The number of carbonyl (C=O) groups excluding carboxylic acids is 1. The molecule has 4 nitrogen and oxygen atoms in total. The van der Waals surface area contributed by atoms with Crippen molar-refractivity contribution < 1.29 is 4.79 Å². The van der Waals surface area contributed by atoms with Crippen molar-refractivity contribution in [3.63, 3.8) is 0 Å². The van der Waals surface area contributed by atoms with E-state index in [1.165, 1.54) is 23.5 Å². The van der Waals surface area contributed by atoms with Crippen LogP contribution in [0.2, 0.25) is 0 Å². The number of carbonyl (C=O) groups is 1. The first-order valence-electron chi connectivity index (χ1n) is 8.66. The van der Waals surface area contributed by atoms with Crippen LogP contribution in [-0.4, -0.2) is 34.9 Å². The van der Waals surface area contributed by atoms with E-state index in [9.17, 15) is 4.79 Å². The Bertz CT molecular complexity index is 512. The Morgan fingerprint density at radius 1 is 1.41 bits per heavy atom. The summed E-state index contributed by atoms with van der Waals surface area (Å²) >= 11 is 1.82. The fourth-order valence-electron chi connectivity index (χ4n) is 3.32. The van der Waals surface area contributed by atoms with Gasteiger partial charge in [-0.05, 0) is 25.2 Å². The van der Waals surface area contributed by atoms with Crippen molar-refractivity contribution in [2.45, 2.75) is 64.5 Å². The number of hydrogen-bond acceptors (Lipinski definition) is 4. The maximum atomic E-state index is 11.9. The summed E-state index contributed by atoms with van der Waals surface area (Å²) in [5.41, 5.74) is 1.19. The second-order valence-corrected chi connectivity index (χ2v) is 7.48. The number of nitrogens with one attached hydrogen (secondary N) is 1. The summed E-state index contributed by atoms with van der Waals surface area (Å²) in [6.45, 7) is 6.85. The molecule has 0 aromatic carbocycles. The number of amides is 1. The summed E-state index contributed by atoms with van der Waals surface area (Å²) < 4.78 is 0. The lowest BCUT2D eigenvalue weighted by Gasteiger charge is -2.38. The van der Waals surface area contributed by atoms with E-state index in [1.54, 1.807) is 0 Å². The third-order valence-electron chi connectivity index (χ3n) is 4.95. The molecular weight excluding hydrogens is 294 g/mol. The fraction of sp³-hybridized carbons (Fsp3) is 0.765. The van der Waals surface area contributed by atoms with E-state index in [4.69, 9.17) is 4.98 Å². The highest BCUT2D eigenvalue weighted by Gasteiger charge is 2.30. The first kappa shape index (κ1) is 15.9. The van der Waals surface area contributed by atoms with Gasteiger partial charge in [0.15, 0.2) is 0 Å². The van der Waals surface area contributed by atoms with E-state index >= 15 is 0 Å². The molecule has 22 heavy (non-hydrogen) atoms. The third kappa shape index (κ3) is 3.69. The minimum absolute atomic E-state index is 0.297. The van der Waals surface area contributed by atoms with Gasteiger partial charge < -0.3 is 10.2 Å². The average Bonchev–Trinajstić information content (AvgIpc) is 3.30. The average molecular weight is 321 g/mol. The Morgan fingerprint density at radius 2 is 2.23 bits per heavy atom. The molecule has 2 fully saturated rings. The molecule has 2 heterocycles. The molecule has 0 unspecified atom stereocenters. The van der Waals surface area contributed by atoms with Gasteiger partial charge in [-0.15, -0.1) is 11.3 Å². The summed E-state index contributed by atoms with van der Waals surface area (Å²) in [6.07, 6.45) is 5.45. The van der Waals surface area contributed by atoms with Gasteiger partial charge in [0.2, 0.25) is 5.91 Å². The van der Waals surface area contributed by atoms with Crippen molar-refractivity contribution in [3.8, 4) is 0 Å². The number of hydrogen-bond donors (Lipinski definition) is 1. The van der Waals surface area contributed by atoms with Gasteiger partial charge in [-0.2, -0.15) is 0 Å². The zero-order valence-electron chi connectivity index (χ0n) is 13.7. The largest absolute Gasteiger partial charge is 0.342 e. The van der Waals surface area contributed by atoms with Crippen LogP contribution in [-0.2, 0) is 11.3 Å². The van der Waals surface area contributed by atoms with Crippen LogP contribution < -0.4 is 5.32 Å². The van der Waals surface area contributed by atoms with Crippen LogP contribution >= 0.6 is 11.3 Å². The van der Waals surface area contributed by atoms with Crippen molar-refractivity contribution in [1.29, 1.82) is 0 Å². The molecule has 1 aromatic rings. The number of aromatic nitrogens is 1. The maximum absolute atomic E-state index is 11.9. The quantitative estimate of drug-likeness (QED) is 0.875. The molecule has 1 amide bonds. The second-order valence-electron chi connectivity index (χ2n) is 6.59. The molecule has 1 N–H and O–H groups in total. The van der Waals surface area contributed by atoms with Crippen LogP contribution in [0.1, 0.15) is 62.6 Å². The van der Waals surface area contributed by atoms with E-state index < -0.39 is 0 Å². The summed E-state index contributed by atoms with van der Waals surface area (Å²) in [5, 5.41) is 7.23. The van der Waals surface area contributed by atoms with Crippen LogP contribution in [0.5, 0.6) is 0 Å². The molecule has 2 atom stereocenters. The van der Waals surface area contributed by atoms with Crippen LogP contribution in [0.15, 0.2) is 5.38 Å². The zero-order chi connectivity index (χ0) is 15.5. The number of piperidine rings is 1. The van der Waals surface area contributed by atoms with Crippen molar-refractivity contribution >= 4 is 17.2 Å². The smallest absolute Gasteiger partial charge is 0.222 e. The standard InChI is InChI=1S/C17H27N3OS/c1-3-12-10-20(16(21)4-2)8-7-15(12)18-9-14-11-22-17(19-14)13-5-6-13/h11-13,15,18H,3-10H2,1-2H3/t12-,15-/m1/s1. The molecule has 2 aliphatic rings. The van der Waals surface area contributed by atoms with Gasteiger partial charge in [-0.25, -0.2) is 4.98 Å². The Labute approximate surface area is 137 Å². The maximum Gasteiger partial charge on any atom is 0.222 e. The number of thiazole rings is 1. The minimum atomic E-state index is 0.297. The van der Waals surface area contributed by atoms with E-state index in [1.807, 2.05) is 23.2 Å². The van der Waals surface area contributed by atoms with Crippen molar-refractivity contribution in [3.05, 3.63) is 16.1 Å². The highest BCUT2D eigenvalue weighted by Crippen LogP contribution is 2.41. The third-order valence-corrected chi connectivity index (χ3v) is 6.01.